The van der Waals surface area contributed by atoms with Gasteiger partial charge in [0.2, 0.25) is 18.0 Å². The molecule has 1 atom stereocenters. The molecule has 0 radical (unpaired) electrons. The summed E-state index contributed by atoms with van der Waals surface area (Å²) in [5, 5.41) is 5.37. The number of benzene rings is 2. The van der Waals surface area contributed by atoms with Gasteiger partial charge < -0.3 is 14.2 Å². The highest BCUT2D eigenvalue weighted by Crippen LogP contribution is 2.39. The molecule has 2 aromatic carbocycles. The smallest absolute Gasteiger partial charge is 0.308 e. The Bertz CT molecular complexity index is 962. The molecule has 0 aromatic heterocycles. The van der Waals surface area contributed by atoms with E-state index in [0.717, 1.165) is 5.01 Å². The molecular formula is C19H16BrFN2O5. The summed E-state index contributed by atoms with van der Waals surface area (Å²) in [7, 11) is 1.43. The van der Waals surface area contributed by atoms with Gasteiger partial charge in [-0.3, -0.25) is 9.59 Å². The Morgan fingerprint density at radius 2 is 1.89 bits per heavy atom. The molecule has 0 fully saturated rings. The van der Waals surface area contributed by atoms with Crippen LogP contribution in [0, 0.1) is 5.82 Å². The lowest BCUT2D eigenvalue weighted by atomic mass is 10.1. The van der Waals surface area contributed by atoms with Gasteiger partial charge in [-0.05, 0) is 24.3 Å². The van der Waals surface area contributed by atoms with Crippen molar-refractivity contribution in [2.45, 2.75) is 20.1 Å². The van der Waals surface area contributed by atoms with E-state index in [4.69, 9.17) is 14.2 Å². The standard InChI is InChI=1S/C19H16BrFN2O5/c1-10(24)23-19(12-4-6-14(21)7-5-12)28-18(22-23)15-8-13(20)9-16(26-3)17(15)27-11(2)25/h4-9,19H,1-3H3/t19-/m1/s1. The molecule has 0 aliphatic carbocycles. The zero-order valence-corrected chi connectivity index (χ0v) is 16.8. The molecule has 3 rings (SSSR count). The van der Waals surface area contributed by atoms with Crippen molar-refractivity contribution >= 4 is 33.7 Å². The second kappa shape index (κ2) is 7.97. The molecule has 0 bridgehead atoms. The van der Waals surface area contributed by atoms with Gasteiger partial charge in [0.05, 0.1) is 12.7 Å². The highest BCUT2D eigenvalue weighted by Gasteiger charge is 2.35. The zero-order valence-electron chi connectivity index (χ0n) is 15.2. The number of hydrazone groups is 1. The van der Waals surface area contributed by atoms with Crippen LogP contribution in [0.15, 0.2) is 46.0 Å². The topological polar surface area (TPSA) is 77.4 Å². The van der Waals surface area contributed by atoms with Crippen molar-refractivity contribution in [2.24, 2.45) is 5.10 Å². The lowest BCUT2D eigenvalue weighted by molar-refractivity contribution is -0.135. The van der Waals surface area contributed by atoms with Crippen LogP contribution in [0.5, 0.6) is 11.5 Å². The summed E-state index contributed by atoms with van der Waals surface area (Å²) in [6, 6.07) is 8.79. The second-order valence-corrected chi connectivity index (χ2v) is 6.78. The average Bonchev–Trinajstić information content (AvgIpc) is 3.08. The van der Waals surface area contributed by atoms with Gasteiger partial charge in [-0.2, -0.15) is 5.01 Å². The van der Waals surface area contributed by atoms with Crippen LogP contribution in [0.25, 0.3) is 0 Å². The first-order valence-electron chi connectivity index (χ1n) is 8.17. The summed E-state index contributed by atoms with van der Waals surface area (Å²) >= 11 is 3.36. The lowest BCUT2D eigenvalue weighted by Crippen LogP contribution is -2.25. The van der Waals surface area contributed by atoms with Crippen LogP contribution in [0.4, 0.5) is 4.39 Å². The molecule has 0 saturated carbocycles. The van der Waals surface area contributed by atoms with E-state index >= 15 is 0 Å². The molecule has 1 heterocycles. The SMILES string of the molecule is COc1cc(Br)cc(C2=NN(C(C)=O)[C@@H](c3ccc(F)cc3)O2)c1OC(C)=O. The van der Waals surface area contributed by atoms with Crippen LogP contribution in [-0.4, -0.2) is 29.9 Å². The normalized spacial score (nSPS) is 15.7. The van der Waals surface area contributed by atoms with Crippen molar-refractivity contribution < 1.29 is 28.2 Å². The molecular weight excluding hydrogens is 435 g/mol. The number of amides is 1. The Balaban J connectivity index is 2.07. The zero-order chi connectivity index (χ0) is 20.4. The van der Waals surface area contributed by atoms with E-state index in [0.29, 0.717) is 15.6 Å². The van der Waals surface area contributed by atoms with Gasteiger partial charge in [-0.15, -0.1) is 5.10 Å². The van der Waals surface area contributed by atoms with Gasteiger partial charge in [-0.1, -0.05) is 28.1 Å². The Kier molecular flexibility index (Phi) is 5.64. The quantitative estimate of drug-likeness (QED) is 0.523. The fourth-order valence-electron chi connectivity index (χ4n) is 2.65. The summed E-state index contributed by atoms with van der Waals surface area (Å²) < 4.78 is 30.3. The number of carbonyl (C=O) groups is 2. The predicted molar refractivity (Wildman–Crippen MR) is 101 cm³/mol. The Labute approximate surface area is 168 Å². The number of carbonyl (C=O) groups excluding carboxylic acids is 2. The number of hydrogen-bond acceptors (Lipinski definition) is 6. The van der Waals surface area contributed by atoms with Gasteiger partial charge in [0.25, 0.3) is 0 Å². The summed E-state index contributed by atoms with van der Waals surface area (Å²) in [6.07, 6.45) is -0.886. The first-order valence-corrected chi connectivity index (χ1v) is 8.96. The van der Waals surface area contributed by atoms with E-state index < -0.39 is 18.0 Å². The van der Waals surface area contributed by atoms with Crippen molar-refractivity contribution in [1.29, 1.82) is 0 Å². The first-order chi connectivity index (χ1) is 13.3. The number of hydrogen-bond donors (Lipinski definition) is 0. The minimum atomic E-state index is -0.886. The van der Waals surface area contributed by atoms with Crippen molar-refractivity contribution in [2.75, 3.05) is 7.11 Å². The molecule has 1 aliphatic heterocycles. The van der Waals surface area contributed by atoms with Crippen molar-refractivity contribution in [1.82, 2.24) is 5.01 Å². The van der Waals surface area contributed by atoms with E-state index in [-0.39, 0.29) is 23.3 Å². The number of rotatable bonds is 4. The lowest BCUT2D eigenvalue weighted by Gasteiger charge is -2.19. The Hall–Kier alpha value is -2.94. The van der Waals surface area contributed by atoms with Crippen LogP contribution >= 0.6 is 15.9 Å². The molecule has 28 heavy (non-hydrogen) atoms. The van der Waals surface area contributed by atoms with Gasteiger partial charge in [0.1, 0.15) is 5.82 Å². The molecule has 0 N–H and O–H groups in total. The number of ether oxygens (including phenoxy) is 3. The second-order valence-electron chi connectivity index (χ2n) is 5.87. The fourth-order valence-corrected chi connectivity index (χ4v) is 3.08. The van der Waals surface area contributed by atoms with Gasteiger partial charge in [-0.25, -0.2) is 4.39 Å². The van der Waals surface area contributed by atoms with E-state index in [1.165, 1.54) is 45.2 Å². The Morgan fingerprint density at radius 3 is 2.46 bits per heavy atom. The monoisotopic (exact) mass is 450 g/mol. The highest BCUT2D eigenvalue weighted by molar-refractivity contribution is 9.10. The largest absolute Gasteiger partial charge is 0.493 e. The molecule has 2 aromatic rings. The fraction of sp³-hybridized carbons (Fsp3) is 0.211. The molecule has 0 unspecified atom stereocenters. The summed E-state index contributed by atoms with van der Waals surface area (Å²) in [4.78, 5) is 23.6. The molecule has 1 amide bonds. The maximum absolute atomic E-state index is 13.3. The Morgan fingerprint density at radius 1 is 1.21 bits per heavy atom. The number of methoxy groups -OCH3 is 1. The van der Waals surface area contributed by atoms with Gasteiger partial charge in [0.15, 0.2) is 11.5 Å². The number of halogens is 2. The van der Waals surface area contributed by atoms with Crippen molar-refractivity contribution in [3.63, 3.8) is 0 Å². The van der Waals surface area contributed by atoms with Crippen LogP contribution < -0.4 is 9.47 Å². The number of nitrogens with zero attached hydrogens (tertiary/aromatic N) is 2. The van der Waals surface area contributed by atoms with Crippen molar-refractivity contribution in [3.05, 3.63) is 57.8 Å². The molecule has 7 nitrogen and oxygen atoms in total. The molecule has 0 saturated heterocycles. The van der Waals surface area contributed by atoms with E-state index in [9.17, 15) is 14.0 Å². The van der Waals surface area contributed by atoms with Gasteiger partial charge >= 0.3 is 5.97 Å². The maximum Gasteiger partial charge on any atom is 0.308 e. The van der Waals surface area contributed by atoms with E-state index in [1.807, 2.05) is 0 Å². The third-order valence-corrected chi connectivity index (χ3v) is 4.30. The minimum Gasteiger partial charge on any atom is -0.493 e. The molecule has 0 spiro atoms. The van der Waals surface area contributed by atoms with E-state index in [1.54, 1.807) is 12.1 Å². The third-order valence-electron chi connectivity index (χ3n) is 3.84. The number of esters is 1. The first kappa shape index (κ1) is 19.8. The average molecular weight is 451 g/mol. The van der Waals surface area contributed by atoms with Crippen LogP contribution in [0.2, 0.25) is 0 Å². The molecule has 146 valence electrons. The van der Waals surface area contributed by atoms with Crippen LogP contribution in [-0.2, 0) is 14.3 Å². The van der Waals surface area contributed by atoms with Crippen LogP contribution in [0.1, 0.15) is 31.2 Å². The summed E-state index contributed by atoms with van der Waals surface area (Å²) in [6.45, 7) is 2.59. The molecule has 9 heteroatoms. The highest BCUT2D eigenvalue weighted by atomic mass is 79.9. The minimum absolute atomic E-state index is 0.0559. The van der Waals surface area contributed by atoms with E-state index in [2.05, 4.69) is 21.0 Å². The van der Waals surface area contributed by atoms with Gasteiger partial charge in [0, 0.05) is 23.9 Å². The molecule has 1 aliphatic rings. The third kappa shape index (κ3) is 3.99. The summed E-state index contributed by atoms with van der Waals surface area (Å²) in [5.74, 6) is -0.892. The summed E-state index contributed by atoms with van der Waals surface area (Å²) in [5.41, 5.74) is 0.851. The predicted octanol–water partition coefficient (Wildman–Crippen LogP) is 3.76. The van der Waals surface area contributed by atoms with Crippen molar-refractivity contribution in [3.8, 4) is 11.5 Å². The maximum atomic E-state index is 13.3. The van der Waals surface area contributed by atoms with Crippen LogP contribution in [0.3, 0.4) is 0 Å².